The van der Waals surface area contributed by atoms with Crippen LogP contribution in [0.2, 0.25) is 0 Å². The van der Waals surface area contributed by atoms with Crippen LogP contribution in [0.15, 0.2) is 23.1 Å². The highest BCUT2D eigenvalue weighted by molar-refractivity contribution is 7.89. The van der Waals surface area contributed by atoms with Gasteiger partial charge in [-0.15, -0.1) is 0 Å². The topological polar surface area (TPSA) is 75.3 Å². The summed E-state index contributed by atoms with van der Waals surface area (Å²) >= 11 is 0. The fourth-order valence-corrected chi connectivity index (χ4v) is 2.99. The van der Waals surface area contributed by atoms with E-state index in [0.717, 1.165) is 19.3 Å². The van der Waals surface area contributed by atoms with E-state index in [2.05, 4.69) is 10.0 Å². The molecule has 6 heteroatoms. The third-order valence-corrected chi connectivity index (χ3v) is 5.05. The van der Waals surface area contributed by atoms with Gasteiger partial charge < -0.3 is 5.32 Å². The lowest BCUT2D eigenvalue weighted by atomic mass is 9.85. The maximum Gasteiger partial charge on any atom is 0.240 e. The molecular formula is C13H18N2O3S. The summed E-state index contributed by atoms with van der Waals surface area (Å²) in [5.41, 5.74) is 1.17. The summed E-state index contributed by atoms with van der Waals surface area (Å²) in [6, 6.07) is 4.92. The number of aryl methyl sites for hydroxylation is 1. The minimum Gasteiger partial charge on any atom is -0.326 e. The molecule has 104 valence electrons. The van der Waals surface area contributed by atoms with Gasteiger partial charge in [0, 0.05) is 11.6 Å². The number of carbonyl (C=O) groups is 1. The van der Waals surface area contributed by atoms with Crippen LogP contribution in [0.4, 0.5) is 5.69 Å². The summed E-state index contributed by atoms with van der Waals surface area (Å²) in [6.45, 7) is 1.72. The number of benzene rings is 1. The van der Waals surface area contributed by atoms with Gasteiger partial charge in [0.05, 0.1) is 4.90 Å². The smallest absolute Gasteiger partial charge is 0.240 e. The van der Waals surface area contributed by atoms with E-state index in [4.69, 9.17) is 0 Å². The second-order valence-electron chi connectivity index (χ2n) is 4.80. The van der Waals surface area contributed by atoms with E-state index in [1.54, 1.807) is 19.1 Å². The second-order valence-corrected chi connectivity index (χ2v) is 6.66. The normalized spacial score (nSPS) is 15.9. The standard InChI is InChI=1S/C13H18N2O3S/c1-9-6-7-11(8-12(9)19(17,18)14-2)15-13(16)10-4-3-5-10/h6-8,10,14H,3-5H2,1-2H3,(H,15,16). The van der Waals surface area contributed by atoms with Crippen LogP contribution in [0.1, 0.15) is 24.8 Å². The fourth-order valence-electron chi connectivity index (χ4n) is 1.99. The number of hydrogen-bond acceptors (Lipinski definition) is 3. The molecule has 0 aromatic heterocycles. The van der Waals surface area contributed by atoms with Gasteiger partial charge in [0.25, 0.3) is 0 Å². The summed E-state index contributed by atoms with van der Waals surface area (Å²) in [7, 11) is -2.13. The van der Waals surface area contributed by atoms with Crippen molar-refractivity contribution in [2.24, 2.45) is 5.92 Å². The number of nitrogens with one attached hydrogen (secondary N) is 2. The van der Waals surface area contributed by atoms with Crippen molar-refractivity contribution in [3.05, 3.63) is 23.8 Å². The summed E-state index contributed by atoms with van der Waals surface area (Å²) in [5.74, 6) is 0.0496. The minimum absolute atomic E-state index is 0.0251. The molecule has 0 bridgehead atoms. The number of hydrogen-bond donors (Lipinski definition) is 2. The lowest BCUT2D eigenvalue weighted by molar-refractivity contribution is -0.122. The molecule has 1 fully saturated rings. The molecule has 1 aromatic rings. The van der Waals surface area contributed by atoms with E-state index >= 15 is 0 Å². The van der Waals surface area contributed by atoms with Gasteiger partial charge >= 0.3 is 0 Å². The van der Waals surface area contributed by atoms with Crippen LogP contribution in [0.25, 0.3) is 0 Å². The number of rotatable bonds is 4. The molecule has 0 heterocycles. The third-order valence-electron chi connectivity index (χ3n) is 3.49. The molecule has 1 amide bonds. The van der Waals surface area contributed by atoms with Crippen molar-refractivity contribution in [2.75, 3.05) is 12.4 Å². The molecule has 0 radical (unpaired) electrons. The Kier molecular flexibility index (Phi) is 3.91. The van der Waals surface area contributed by atoms with Crippen LogP contribution in [0, 0.1) is 12.8 Å². The molecule has 0 spiro atoms. The minimum atomic E-state index is -3.50. The Morgan fingerprint density at radius 2 is 2.00 bits per heavy atom. The van der Waals surface area contributed by atoms with Gasteiger partial charge in [0.2, 0.25) is 15.9 Å². The first-order chi connectivity index (χ1) is 8.94. The van der Waals surface area contributed by atoms with Gasteiger partial charge in [-0.2, -0.15) is 0 Å². The van der Waals surface area contributed by atoms with E-state index < -0.39 is 10.0 Å². The molecule has 1 aliphatic carbocycles. The second kappa shape index (κ2) is 5.30. The Balaban J connectivity index is 2.23. The first-order valence-electron chi connectivity index (χ1n) is 6.29. The van der Waals surface area contributed by atoms with Crippen molar-refractivity contribution >= 4 is 21.6 Å². The number of sulfonamides is 1. The molecule has 2 rings (SSSR count). The molecule has 1 aromatic carbocycles. The van der Waals surface area contributed by atoms with E-state index in [9.17, 15) is 13.2 Å². The number of carbonyl (C=O) groups excluding carboxylic acids is 1. The van der Waals surface area contributed by atoms with E-state index in [1.807, 2.05) is 0 Å². The first kappa shape index (κ1) is 14.0. The summed E-state index contributed by atoms with van der Waals surface area (Å²) in [5, 5.41) is 2.78. The molecule has 0 unspecified atom stereocenters. The zero-order chi connectivity index (χ0) is 14.0. The zero-order valence-corrected chi connectivity index (χ0v) is 11.9. The van der Waals surface area contributed by atoms with Crippen LogP contribution in [-0.4, -0.2) is 21.4 Å². The average Bonchev–Trinajstić information content (AvgIpc) is 2.29. The molecule has 0 aliphatic heterocycles. The summed E-state index contributed by atoms with van der Waals surface area (Å²) < 4.78 is 26.0. The monoisotopic (exact) mass is 282 g/mol. The van der Waals surface area contributed by atoms with Gasteiger partial charge in [0.15, 0.2) is 0 Å². The van der Waals surface area contributed by atoms with Crippen molar-refractivity contribution < 1.29 is 13.2 Å². The first-order valence-corrected chi connectivity index (χ1v) is 7.77. The van der Waals surface area contributed by atoms with Crippen LogP contribution >= 0.6 is 0 Å². The van der Waals surface area contributed by atoms with E-state index in [1.165, 1.54) is 13.1 Å². The van der Waals surface area contributed by atoms with Gasteiger partial charge in [0.1, 0.15) is 0 Å². The van der Waals surface area contributed by atoms with Crippen molar-refractivity contribution in [1.82, 2.24) is 4.72 Å². The SMILES string of the molecule is CNS(=O)(=O)c1cc(NC(=O)C2CCC2)ccc1C. The Morgan fingerprint density at radius 1 is 1.32 bits per heavy atom. The van der Waals surface area contributed by atoms with Crippen LogP contribution in [0.3, 0.4) is 0 Å². The molecule has 2 N–H and O–H groups in total. The fraction of sp³-hybridized carbons (Fsp3) is 0.462. The van der Waals surface area contributed by atoms with Crippen molar-refractivity contribution in [3.63, 3.8) is 0 Å². The van der Waals surface area contributed by atoms with Crippen LogP contribution < -0.4 is 10.0 Å². The van der Waals surface area contributed by atoms with Gasteiger partial charge in [-0.1, -0.05) is 12.5 Å². The van der Waals surface area contributed by atoms with Gasteiger partial charge in [-0.3, -0.25) is 4.79 Å². The molecule has 0 saturated heterocycles. The highest BCUT2D eigenvalue weighted by Crippen LogP contribution is 2.28. The molecule has 19 heavy (non-hydrogen) atoms. The lowest BCUT2D eigenvalue weighted by Crippen LogP contribution is -2.28. The van der Waals surface area contributed by atoms with E-state index in [-0.39, 0.29) is 16.7 Å². The van der Waals surface area contributed by atoms with E-state index in [0.29, 0.717) is 11.3 Å². The van der Waals surface area contributed by atoms with Crippen molar-refractivity contribution in [3.8, 4) is 0 Å². The molecular weight excluding hydrogens is 264 g/mol. The molecule has 5 nitrogen and oxygen atoms in total. The Morgan fingerprint density at radius 3 is 2.53 bits per heavy atom. The number of amides is 1. The predicted molar refractivity (Wildman–Crippen MR) is 73.4 cm³/mol. The maximum absolute atomic E-state index is 11.8. The summed E-state index contributed by atoms with van der Waals surface area (Å²) in [4.78, 5) is 12.0. The number of anilines is 1. The lowest BCUT2D eigenvalue weighted by Gasteiger charge is -2.24. The van der Waals surface area contributed by atoms with Crippen molar-refractivity contribution in [2.45, 2.75) is 31.1 Å². The predicted octanol–water partition coefficient (Wildman–Crippen LogP) is 1.64. The highest BCUT2D eigenvalue weighted by atomic mass is 32.2. The van der Waals surface area contributed by atoms with Gasteiger partial charge in [-0.25, -0.2) is 13.1 Å². The summed E-state index contributed by atoms with van der Waals surface area (Å²) in [6.07, 6.45) is 2.92. The van der Waals surface area contributed by atoms with Crippen molar-refractivity contribution in [1.29, 1.82) is 0 Å². The van der Waals surface area contributed by atoms with Crippen LogP contribution in [0.5, 0.6) is 0 Å². The van der Waals surface area contributed by atoms with Crippen LogP contribution in [-0.2, 0) is 14.8 Å². The quantitative estimate of drug-likeness (QED) is 0.881. The average molecular weight is 282 g/mol. The largest absolute Gasteiger partial charge is 0.326 e. The molecule has 0 atom stereocenters. The zero-order valence-electron chi connectivity index (χ0n) is 11.1. The Labute approximate surface area is 113 Å². The third kappa shape index (κ3) is 2.96. The maximum atomic E-state index is 11.8. The van der Waals surface area contributed by atoms with Gasteiger partial charge in [-0.05, 0) is 44.5 Å². The Bertz CT molecular complexity index is 592. The molecule has 1 aliphatic rings. The highest BCUT2D eigenvalue weighted by Gasteiger charge is 2.25. The molecule has 1 saturated carbocycles. The Hall–Kier alpha value is -1.40.